The van der Waals surface area contributed by atoms with Crippen molar-refractivity contribution in [2.24, 2.45) is 16.6 Å². The molecular formula is C21H29IN4O. The van der Waals surface area contributed by atoms with Crippen molar-refractivity contribution in [2.75, 3.05) is 37.0 Å². The number of hydrogen-bond acceptors (Lipinski definition) is 3. The van der Waals surface area contributed by atoms with E-state index in [0.717, 1.165) is 43.9 Å². The van der Waals surface area contributed by atoms with Crippen LogP contribution in [0.3, 0.4) is 0 Å². The van der Waals surface area contributed by atoms with Gasteiger partial charge in [0.25, 0.3) is 0 Å². The van der Waals surface area contributed by atoms with Gasteiger partial charge in [0.2, 0.25) is 0 Å². The molecular weight excluding hydrogens is 451 g/mol. The number of nitrogens with one attached hydrogen (secondary N) is 1. The number of guanidine groups is 1. The molecule has 0 saturated carbocycles. The zero-order valence-corrected chi connectivity index (χ0v) is 18.4. The summed E-state index contributed by atoms with van der Waals surface area (Å²) in [6.07, 6.45) is 2.16. The van der Waals surface area contributed by atoms with Crippen LogP contribution in [-0.2, 0) is 6.42 Å². The standard InChI is InChI=1S/C21H28N4O.HI/c1-3-16-7-9-18(10-8-16)24-21(22)23-14-17-11-12-25(15-17)19-5-4-6-20(13-19)26-2;/h4-10,13,17H,3,11-12,14-15H2,1-2H3,(H3,22,23,24);1H. The number of rotatable bonds is 6. The molecule has 3 rings (SSSR count). The minimum Gasteiger partial charge on any atom is -0.497 e. The highest BCUT2D eigenvalue weighted by Gasteiger charge is 2.22. The summed E-state index contributed by atoms with van der Waals surface area (Å²) in [6, 6.07) is 16.5. The monoisotopic (exact) mass is 480 g/mol. The Morgan fingerprint density at radius 2 is 2.04 bits per heavy atom. The first-order valence-electron chi connectivity index (χ1n) is 9.23. The highest BCUT2D eigenvalue weighted by molar-refractivity contribution is 14.0. The van der Waals surface area contributed by atoms with E-state index in [0.29, 0.717) is 11.9 Å². The summed E-state index contributed by atoms with van der Waals surface area (Å²) in [5.74, 6) is 1.89. The Bertz CT molecular complexity index is 748. The summed E-state index contributed by atoms with van der Waals surface area (Å²) < 4.78 is 5.32. The molecule has 5 nitrogen and oxygen atoms in total. The second-order valence-electron chi connectivity index (χ2n) is 6.70. The van der Waals surface area contributed by atoms with Crippen LogP contribution in [0, 0.1) is 5.92 Å². The third-order valence-electron chi connectivity index (χ3n) is 4.86. The topological polar surface area (TPSA) is 62.9 Å². The largest absolute Gasteiger partial charge is 0.497 e. The molecule has 0 amide bonds. The summed E-state index contributed by atoms with van der Waals surface area (Å²) in [5, 5.41) is 3.17. The summed E-state index contributed by atoms with van der Waals surface area (Å²) in [4.78, 5) is 6.92. The SMILES string of the molecule is CCc1ccc(NC(N)=NCC2CCN(c3cccc(OC)c3)C2)cc1.I. The third kappa shape index (κ3) is 6.02. The highest BCUT2D eigenvalue weighted by Crippen LogP contribution is 2.27. The lowest BCUT2D eigenvalue weighted by atomic mass is 10.1. The van der Waals surface area contributed by atoms with E-state index in [-0.39, 0.29) is 24.0 Å². The van der Waals surface area contributed by atoms with Crippen LogP contribution < -0.4 is 20.7 Å². The van der Waals surface area contributed by atoms with Gasteiger partial charge >= 0.3 is 0 Å². The van der Waals surface area contributed by atoms with E-state index < -0.39 is 0 Å². The lowest BCUT2D eigenvalue weighted by Gasteiger charge is -2.19. The van der Waals surface area contributed by atoms with Gasteiger partial charge in [-0.2, -0.15) is 0 Å². The van der Waals surface area contributed by atoms with Crippen LogP contribution >= 0.6 is 24.0 Å². The van der Waals surface area contributed by atoms with Crippen LogP contribution in [0.5, 0.6) is 5.75 Å². The molecule has 27 heavy (non-hydrogen) atoms. The van der Waals surface area contributed by atoms with Gasteiger partial charge in [0.05, 0.1) is 7.11 Å². The number of ether oxygens (including phenoxy) is 1. The first-order chi connectivity index (χ1) is 12.7. The second-order valence-corrected chi connectivity index (χ2v) is 6.70. The average Bonchev–Trinajstić information content (AvgIpc) is 3.16. The van der Waals surface area contributed by atoms with Crippen molar-refractivity contribution in [1.82, 2.24) is 0 Å². The van der Waals surface area contributed by atoms with Gasteiger partial charge in [0.15, 0.2) is 5.96 Å². The molecule has 0 bridgehead atoms. The van der Waals surface area contributed by atoms with E-state index in [1.165, 1.54) is 11.3 Å². The van der Waals surface area contributed by atoms with Crippen molar-refractivity contribution in [3.63, 3.8) is 0 Å². The normalized spacial score (nSPS) is 16.7. The lowest BCUT2D eigenvalue weighted by molar-refractivity contribution is 0.415. The summed E-state index contributed by atoms with van der Waals surface area (Å²) in [5.41, 5.74) is 9.55. The van der Waals surface area contributed by atoms with Crippen molar-refractivity contribution < 1.29 is 4.74 Å². The lowest BCUT2D eigenvalue weighted by Crippen LogP contribution is -2.25. The van der Waals surface area contributed by atoms with Crippen molar-refractivity contribution in [3.8, 4) is 5.75 Å². The molecule has 6 heteroatoms. The Morgan fingerprint density at radius 1 is 1.26 bits per heavy atom. The minimum atomic E-state index is 0. The fourth-order valence-corrected chi connectivity index (χ4v) is 3.26. The Morgan fingerprint density at radius 3 is 2.74 bits per heavy atom. The van der Waals surface area contributed by atoms with Crippen LogP contribution in [0.25, 0.3) is 0 Å². The van der Waals surface area contributed by atoms with Crippen LogP contribution in [0.4, 0.5) is 11.4 Å². The summed E-state index contributed by atoms with van der Waals surface area (Å²) >= 11 is 0. The van der Waals surface area contributed by atoms with Crippen LogP contribution in [0.2, 0.25) is 0 Å². The number of nitrogens with zero attached hydrogens (tertiary/aromatic N) is 2. The molecule has 1 heterocycles. The molecule has 1 unspecified atom stereocenters. The van der Waals surface area contributed by atoms with Gasteiger partial charge < -0.3 is 20.7 Å². The number of hydrogen-bond donors (Lipinski definition) is 2. The van der Waals surface area contributed by atoms with Gasteiger partial charge in [-0.3, -0.25) is 4.99 Å². The molecule has 2 aromatic carbocycles. The highest BCUT2D eigenvalue weighted by atomic mass is 127. The minimum absolute atomic E-state index is 0. The molecule has 2 aromatic rings. The van der Waals surface area contributed by atoms with Crippen molar-refractivity contribution in [1.29, 1.82) is 0 Å². The van der Waals surface area contributed by atoms with Crippen molar-refractivity contribution in [3.05, 3.63) is 54.1 Å². The molecule has 0 aromatic heterocycles. The Hall–Kier alpha value is -1.96. The summed E-state index contributed by atoms with van der Waals surface area (Å²) in [7, 11) is 1.70. The smallest absolute Gasteiger partial charge is 0.193 e. The Balaban J connectivity index is 0.00000261. The molecule has 1 saturated heterocycles. The maximum Gasteiger partial charge on any atom is 0.193 e. The van der Waals surface area contributed by atoms with E-state index in [1.807, 2.05) is 24.3 Å². The van der Waals surface area contributed by atoms with E-state index in [4.69, 9.17) is 10.5 Å². The number of methoxy groups -OCH3 is 1. The first-order valence-corrected chi connectivity index (χ1v) is 9.23. The van der Waals surface area contributed by atoms with Gasteiger partial charge in [-0.05, 0) is 48.6 Å². The molecule has 0 spiro atoms. The van der Waals surface area contributed by atoms with Crippen LogP contribution in [0.15, 0.2) is 53.5 Å². The molecule has 3 N–H and O–H groups in total. The number of benzene rings is 2. The van der Waals surface area contributed by atoms with E-state index in [2.05, 4.69) is 46.4 Å². The van der Waals surface area contributed by atoms with Crippen molar-refractivity contribution in [2.45, 2.75) is 19.8 Å². The fraction of sp³-hybridized carbons (Fsp3) is 0.381. The molecule has 1 aliphatic rings. The van der Waals surface area contributed by atoms with Gasteiger partial charge in [-0.1, -0.05) is 25.1 Å². The predicted octanol–water partition coefficient (Wildman–Crippen LogP) is 4.13. The van der Waals surface area contributed by atoms with E-state index >= 15 is 0 Å². The van der Waals surface area contributed by atoms with Gasteiger partial charge in [0, 0.05) is 37.1 Å². The van der Waals surface area contributed by atoms with E-state index in [1.54, 1.807) is 7.11 Å². The van der Waals surface area contributed by atoms with Gasteiger partial charge in [-0.15, -0.1) is 24.0 Å². The molecule has 1 fully saturated rings. The van der Waals surface area contributed by atoms with Gasteiger partial charge in [0.1, 0.15) is 5.75 Å². The van der Waals surface area contributed by atoms with Crippen LogP contribution in [0.1, 0.15) is 18.9 Å². The van der Waals surface area contributed by atoms with Crippen LogP contribution in [-0.4, -0.2) is 32.7 Å². The number of aryl methyl sites for hydroxylation is 1. The Labute approximate surface area is 179 Å². The fourth-order valence-electron chi connectivity index (χ4n) is 3.26. The maximum absolute atomic E-state index is 6.05. The number of nitrogens with two attached hydrogens (primary N) is 1. The van der Waals surface area contributed by atoms with Crippen molar-refractivity contribution >= 4 is 41.3 Å². The first kappa shape index (κ1) is 21.3. The predicted molar refractivity (Wildman–Crippen MR) is 125 cm³/mol. The number of anilines is 2. The van der Waals surface area contributed by atoms with E-state index in [9.17, 15) is 0 Å². The van der Waals surface area contributed by atoms with Gasteiger partial charge in [-0.25, -0.2) is 0 Å². The molecule has 0 aliphatic carbocycles. The zero-order valence-electron chi connectivity index (χ0n) is 16.0. The molecule has 0 radical (unpaired) electrons. The number of halogens is 1. The average molecular weight is 480 g/mol. The quantitative estimate of drug-likeness (QED) is 0.371. The number of aliphatic imine (C=N–C) groups is 1. The molecule has 1 atom stereocenters. The molecule has 146 valence electrons. The zero-order chi connectivity index (χ0) is 18.4. The third-order valence-corrected chi connectivity index (χ3v) is 4.86. The molecule has 1 aliphatic heterocycles. The Kier molecular flexibility index (Phi) is 8.22. The summed E-state index contributed by atoms with van der Waals surface area (Å²) in [6.45, 7) is 4.93. The second kappa shape index (κ2) is 10.4. The maximum atomic E-state index is 6.05.